The van der Waals surface area contributed by atoms with Crippen LogP contribution in [-0.4, -0.2) is 34.5 Å². The van der Waals surface area contributed by atoms with E-state index in [1.165, 1.54) is 0 Å². The van der Waals surface area contributed by atoms with Crippen molar-refractivity contribution in [3.8, 4) is 0 Å². The van der Waals surface area contributed by atoms with Crippen LogP contribution in [0.2, 0.25) is 0 Å². The summed E-state index contributed by atoms with van der Waals surface area (Å²) >= 11 is 0. The standard InChI is InChI=1S/C15H21N5.ClH/c1-15(9-16)6-7-20(10-15)8-13-18-12-5-3-2-4-11(12)14(17)19-13;/h2-5H,6-10,16H2,1H3,(H2,17,18,19);1H. The van der Waals surface area contributed by atoms with Gasteiger partial charge in [-0.1, -0.05) is 19.1 Å². The molecule has 1 aliphatic heterocycles. The van der Waals surface area contributed by atoms with Gasteiger partial charge in [0.05, 0.1) is 12.1 Å². The summed E-state index contributed by atoms with van der Waals surface area (Å²) in [6, 6.07) is 7.86. The van der Waals surface area contributed by atoms with Gasteiger partial charge in [0.1, 0.15) is 11.6 Å². The first-order chi connectivity index (χ1) is 9.59. The average Bonchev–Trinajstić information content (AvgIpc) is 2.81. The average molecular weight is 308 g/mol. The van der Waals surface area contributed by atoms with E-state index >= 15 is 0 Å². The molecule has 6 heteroatoms. The SMILES string of the molecule is CC1(CN)CCN(Cc2nc(N)c3ccccc3n2)C1.Cl. The van der Waals surface area contributed by atoms with Crippen LogP contribution >= 0.6 is 12.4 Å². The predicted molar refractivity (Wildman–Crippen MR) is 88.3 cm³/mol. The molecule has 114 valence electrons. The minimum Gasteiger partial charge on any atom is -0.383 e. The molecule has 1 aromatic carbocycles. The zero-order valence-corrected chi connectivity index (χ0v) is 13.1. The number of aromatic nitrogens is 2. The van der Waals surface area contributed by atoms with E-state index in [1.54, 1.807) is 0 Å². The lowest BCUT2D eigenvalue weighted by Crippen LogP contribution is -2.31. The largest absolute Gasteiger partial charge is 0.383 e. The fraction of sp³-hybridized carbons (Fsp3) is 0.467. The van der Waals surface area contributed by atoms with Gasteiger partial charge in [0.15, 0.2) is 0 Å². The van der Waals surface area contributed by atoms with Gasteiger partial charge in [-0.25, -0.2) is 9.97 Å². The molecule has 0 aliphatic carbocycles. The highest BCUT2D eigenvalue weighted by Crippen LogP contribution is 2.29. The number of nitrogens with two attached hydrogens (primary N) is 2. The molecule has 5 nitrogen and oxygen atoms in total. The van der Waals surface area contributed by atoms with Crippen LogP contribution in [0.15, 0.2) is 24.3 Å². The summed E-state index contributed by atoms with van der Waals surface area (Å²) in [7, 11) is 0. The normalized spacial score (nSPS) is 22.4. The third kappa shape index (κ3) is 3.26. The molecule has 1 aliphatic rings. The van der Waals surface area contributed by atoms with E-state index in [0.717, 1.165) is 49.3 Å². The van der Waals surface area contributed by atoms with Crippen LogP contribution in [0.4, 0.5) is 5.82 Å². The number of fused-ring (bicyclic) bond motifs is 1. The second kappa shape index (κ2) is 6.13. The van der Waals surface area contributed by atoms with E-state index in [9.17, 15) is 0 Å². The molecule has 21 heavy (non-hydrogen) atoms. The van der Waals surface area contributed by atoms with E-state index in [2.05, 4.69) is 21.8 Å². The Morgan fingerprint density at radius 2 is 2.05 bits per heavy atom. The Morgan fingerprint density at radius 1 is 1.29 bits per heavy atom. The van der Waals surface area contributed by atoms with Gasteiger partial charge in [-0.15, -0.1) is 12.4 Å². The topological polar surface area (TPSA) is 81.1 Å². The van der Waals surface area contributed by atoms with Gasteiger partial charge in [-0.05, 0) is 37.1 Å². The molecule has 3 rings (SSSR count). The molecule has 1 aromatic heterocycles. The molecule has 1 unspecified atom stereocenters. The molecule has 0 saturated carbocycles. The number of likely N-dealkylation sites (tertiary alicyclic amines) is 1. The third-order valence-electron chi connectivity index (χ3n) is 4.17. The second-order valence-corrected chi connectivity index (χ2v) is 6.02. The molecule has 4 N–H and O–H groups in total. The van der Waals surface area contributed by atoms with Crippen LogP contribution < -0.4 is 11.5 Å². The summed E-state index contributed by atoms with van der Waals surface area (Å²) < 4.78 is 0. The summed E-state index contributed by atoms with van der Waals surface area (Å²) in [6.45, 7) is 5.75. The maximum Gasteiger partial charge on any atom is 0.145 e. The quantitative estimate of drug-likeness (QED) is 0.904. The number of hydrogen-bond donors (Lipinski definition) is 2. The number of halogens is 1. The zero-order valence-electron chi connectivity index (χ0n) is 12.2. The first-order valence-electron chi connectivity index (χ1n) is 7.03. The third-order valence-corrected chi connectivity index (χ3v) is 4.17. The minimum absolute atomic E-state index is 0. The van der Waals surface area contributed by atoms with Crippen molar-refractivity contribution in [1.29, 1.82) is 0 Å². The Bertz CT molecular complexity index is 632. The predicted octanol–water partition coefficient (Wildman–Crippen LogP) is 1.80. The number of nitrogen functional groups attached to an aromatic ring is 1. The number of anilines is 1. The van der Waals surface area contributed by atoms with E-state index in [-0.39, 0.29) is 17.8 Å². The van der Waals surface area contributed by atoms with Crippen LogP contribution in [0.3, 0.4) is 0 Å². The van der Waals surface area contributed by atoms with E-state index < -0.39 is 0 Å². The van der Waals surface area contributed by atoms with Crippen molar-refractivity contribution < 1.29 is 0 Å². The van der Waals surface area contributed by atoms with Crippen molar-refractivity contribution in [2.24, 2.45) is 11.1 Å². The van der Waals surface area contributed by atoms with E-state index in [0.29, 0.717) is 5.82 Å². The van der Waals surface area contributed by atoms with Crippen LogP contribution in [0.25, 0.3) is 10.9 Å². The maximum absolute atomic E-state index is 6.02. The van der Waals surface area contributed by atoms with Crippen molar-refractivity contribution in [3.63, 3.8) is 0 Å². The maximum atomic E-state index is 6.02. The highest BCUT2D eigenvalue weighted by molar-refractivity contribution is 5.87. The number of hydrogen-bond acceptors (Lipinski definition) is 5. The summed E-state index contributed by atoms with van der Waals surface area (Å²) in [5, 5.41) is 0.921. The molecule has 0 spiro atoms. The molecular weight excluding hydrogens is 286 g/mol. The van der Waals surface area contributed by atoms with Crippen LogP contribution in [-0.2, 0) is 6.54 Å². The molecule has 1 saturated heterocycles. The summed E-state index contributed by atoms with van der Waals surface area (Å²) in [6.07, 6.45) is 1.13. The van der Waals surface area contributed by atoms with Crippen molar-refractivity contribution in [2.45, 2.75) is 19.9 Å². The van der Waals surface area contributed by atoms with Crippen LogP contribution in [0, 0.1) is 5.41 Å². The molecular formula is C15H22ClN5. The number of para-hydroxylation sites is 1. The van der Waals surface area contributed by atoms with Crippen molar-refractivity contribution in [1.82, 2.24) is 14.9 Å². The molecule has 0 bridgehead atoms. The number of rotatable bonds is 3. The lowest BCUT2D eigenvalue weighted by atomic mass is 9.90. The lowest BCUT2D eigenvalue weighted by molar-refractivity contribution is 0.269. The fourth-order valence-electron chi connectivity index (χ4n) is 2.85. The summed E-state index contributed by atoms with van der Waals surface area (Å²) in [4.78, 5) is 11.4. The van der Waals surface area contributed by atoms with E-state index in [4.69, 9.17) is 11.5 Å². The first kappa shape index (κ1) is 15.9. The molecule has 2 heterocycles. The molecule has 1 fully saturated rings. The summed E-state index contributed by atoms with van der Waals surface area (Å²) in [5.41, 5.74) is 13.0. The first-order valence-corrected chi connectivity index (χ1v) is 7.03. The number of benzene rings is 1. The van der Waals surface area contributed by atoms with Crippen LogP contribution in [0.1, 0.15) is 19.2 Å². The van der Waals surface area contributed by atoms with Gasteiger partial charge in [0.2, 0.25) is 0 Å². The Kier molecular flexibility index (Phi) is 4.66. The second-order valence-electron chi connectivity index (χ2n) is 6.02. The zero-order chi connectivity index (χ0) is 14.2. The van der Waals surface area contributed by atoms with Gasteiger partial charge >= 0.3 is 0 Å². The van der Waals surface area contributed by atoms with Gasteiger partial charge in [0, 0.05) is 11.9 Å². The number of nitrogens with zero attached hydrogens (tertiary/aromatic N) is 3. The van der Waals surface area contributed by atoms with E-state index in [1.807, 2.05) is 24.3 Å². The molecule has 0 amide bonds. The molecule has 1 atom stereocenters. The molecule has 2 aromatic rings. The van der Waals surface area contributed by atoms with Crippen molar-refractivity contribution >= 4 is 29.1 Å². The fourth-order valence-corrected chi connectivity index (χ4v) is 2.85. The Morgan fingerprint density at radius 3 is 2.76 bits per heavy atom. The highest BCUT2D eigenvalue weighted by Gasteiger charge is 2.32. The summed E-state index contributed by atoms with van der Waals surface area (Å²) in [5.74, 6) is 1.36. The Balaban J connectivity index is 0.00000161. The molecule has 0 radical (unpaired) electrons. The van der Waals surface area contributed by atoms with Gasteiger partial charge < -0.3 is 11.5 Å². The Hall–Kier alpha value is -1.43. The lowest BCUT2D eigenvalue weighted by Gasteiger charge is -2.22. The van der Waals surface area contributed by atoms with Crippen molar-refractivity contribution in [2.75, 3.05) is 25.4 Å². The van der Waals surface area contributed by atoms with Gasteiger partial charge in [-0.2, -0.15) is 0 Å². The highest BCUT2D eigenvalue weighted by atomic mass is 35.5. The Labute approximate surface area is 131 Å². The van der Waals surface area contributed by atoms with Gasteiger partial charge in [0.25, 0.3) is 0 Å². The van der Waals surface area contributed by atoms with Gasteiger partial charge in [-0.3, -0.25) is 4.90 Å². The van der Waals surface area contributed by atoms with Crippen molar-refractivity contribution in [3.05, 3.63) is 30.1 Å². The minimum atomic E-state index is 0. The smallest absolute Gasteiger partial charge is 0.145 e. The van der Waals surface area contributed by atoms with Crippen LogP contribution in [0.5, 0.6) is 0 Å². The monoisotopic (exact) mass is 307 g/mol.